The molecule has 4 nitrogen and oxygen atoms in total. The molecule has 20 heavy (non-hydrogen) atoms. The number of benzene rings is 1. The Labute approximate surface area is 119 Å². The topological polar surface area (TPSA) is 39.1 Å². The van der Waals surface area contributed by atoms with E-state index in [1.165, 1.54) is 5.56 Å². The summed E-state index contributed by atoms with van der Waals surface area (Å²) < 4.78 is 7.54. The fourth-order valence-electron chi connectivity index (χ4n) is 2.67. The van der Waals surface area contributed by atoms with Gasteiger partial charge in [0.2, 0.25) is 0 Å². The summed E-state index contributed by atoms with van der Waals surface area (Å²) in [5.74, 6) is 0. The quantitative estimate of drug-likeness (QED) is 0.928. The molecule has 3 rings (SSSR count). The Morgan fingerprint density at radius 1 is 1.35 bits per heavy atom. The molecule has 0 bridgehead atoms. The van der Waals surface area contributed by atoms with Crippen molar-refractivity contribution in [1.82, 2.24) is 15.1 Å². The first-order valence-electron chi connectivity index (χ1n) is 7.19. The summed E-state index contributed by atoms with van der Waals surface area (Å²) in [7, 11) is 0. The van der Waals surface area contributed by atoms with Crippen molar-refractivity contribution in [3.63, 3.8) is 0 Å². The molecule has 1 aromatic carbocycles. The number of aryl methyl sites for hydroxylation is 1. The molecule has 1 N–H and O–H groups in total. The van der Waals surface area contributed by atoms with Gasteiger partial charge in [0.1, 0.15) is 0 Å². The smallest absolute Gasteiger partial charge is 0.0700 e. The fraction of sp³-hybridized carbons (Fsp3) is 0.438. The Hall–Kier alpha value is -1.65. The number of rotatable bonds is 4. The lowest BCUT2D eigenvalue weighted by Crippen LogP contribution is -2.34. The van der Waals surface area contributed by atoms with E-state index in [0.29, 0.717) is 12.1 Å². The normalized spacial score (nSPS) is 22.3. The van der Waals surface area contributed by atoms with Crippen LogP contribution in [0, 0.1) is 6.92 Å². The predicted octanol–water partition coefficient (Wildman–Crippen LogP) is 2.45. The minimum Gasteiger partial charge on any atom is -0.377 e. The molecule has 106 valence electrons. The zero-order chi connectivity index (χ0) is 13.9. The standard InChI is InChI=1S/C16H21N3O/c1-12-7-9-19(18-12)16-6-4-3-5-14(16)11-17-15-8-10-20-13(15)2/h3-7,9,13,15,17H,8,10-11H2,1-2H3/t13-,15+/m0/s1. The first-order valence-corrected chi connectivity index (χ1v) is 7.19. The summed E-state index contributed by atoms with van der Waals surface area (Å²) in [6, 6.07) is 10.9. The van der Waals surface area contributed by atoms with Crippen molar-refractivity contribution < 1.29 is 4.74 Å². The molecule has 1 aromatic heterocycles. The highest BCUT2D eigenvalue weighted by Gasteiger charge is 2.23. The highest BCUT2D eigenvalue weighted by Crippen LogP contribution is 2.17. The van der Waals surface area contributed by atoms with E-state index < -0.39 is 0 Å². The van der Waals surface area contributed by atoms with Crippen LogP contribution >= 0.6 is 0 Å². The van der Waals surface area contributed by atoms with Crippen LogP contribution in [0.3, 0.4) is 0 Å². The maximum absolute atomic E-state index is 5.59. The van der Waals surface area contributed by atoms with Gasteiger partial charge >= 0.3 is 0 Å². The third kappa shape index (κ3) is 2.76. The summed E-state index contributed by atoms with van der Waals surface area (Å²) in [6.45, 7) is 5.84. The molecule has 2 atom stereocenters. The van der Waals surface area contributed by atoms with Gasteiger partial charge in [0, 0.05) is 25.4 Å². The van der Waals surface area contributed by atoms with Gasteiger partial charge in [-0.1, -0.05) is 18.2 Å². The molecule has 0 unspecified atom stereocenters. The summed E-state index contributed by atoms with van der Waals surface area (Å²) in [5, 5.41) is 8.10. The SMILES string of the molecule is Cc1ccn(-c2ccccc2CN[C@@H]2CCO[C@H]2C)n1. The molecule has 0 spiro atoms. The number of hydrogen-bond donors (Lipinski definition) is 1. The molecule has 0 saturated carbocycles. The van der Waals surface area contributed by atoms with Gasteiger partial charge < -0.3 is 10.1 Å². The Kier molecular flexibility index (Phi) is 3.85. The third-order valence-corrected chi connectivity index (χ3v) is 3.89. The average Bonchev–Trinajstić information content (AvgIpc) is 3.06. The van der Waals surface area contributed by atoms with E-state index in [0.717, 1.165) is 31.0 Å². The van der Waals surface area contributed by atoms with Crippen molar-refractivity contribution in [3.05, 3.63) is 47.8 Å². The van der Waals surface area contributed by atoms with Crippen LogP contribution < -0.4 is 5.32 Å². The first kappa shape index (κ1) is 13.3. The van der Waals surface area contributed by atoms with E-state index >= 15 is 0 Å². The largest absolute Gasteiger partial charge is 0.377 e. The van der Waals surface area contributed by atoms with Gasteiger partial charge in [-0.2, -0.15) is 5.10 Å². The Balaban J connectivity index is 1.76. The molecule has 1 aliphatic heterocycles. The molecule has 2 heterocycles. The van der Waals surface area contributed by atoms with E-state index in [1.54, 1.807) is 0 Å². The van der Waals surface area contributed by atoms with Crippen LogP contribution in [-0.2, 0) is 11.3 Å². The maximum Gasteiger partial charge on any atom is 0.0700 e. The van der Waals surface area contributed by atoms with E-state index in [4.69, 9.17) is 4.74 Å². The lowest BCUT2D eigenvalue weighted by molar-refractivity contribution is 0.113. The van der Waals surface area contributed by atoms with Gasteiger partial charge in [-0.25, -0.2) is 4.68 Å². The molecule has 4 heteroatoms. The predicted molar refractivity (Wildman–Crippen MR) is 79.0 cm³/mol. The lowest BCUT2D eigenvalue weighted by Gasteiger charge is -2.17. The summed E-state index contributed by atoms with van der Waals surface area (Å²) >= 11 is 0. The van der Waals surface area contributed by atoms with Crippen molar-refractivity contribution in [2.45, 2.75) is 39.0 Å². The van der Waals surface area contributed by atoms with Crippen molar-refractivity contribution in [3.8, 4) is 5.69 Å². The fourth-order valence-corrected chi connectivity index (χ4v) is 2.67. The van der Waals surface area contributed by atoms with Crippen molar-refractivity contribution in [1.29, 1.82) is 0 Å². The maximum atomic E-state index is 5.59. The van der Waals surface area contributed by atoms with Gasteiger partial charge in [0.15, 0.2) is 0 Å². The number of aromatic nitrogens is 2. The average molecular weight is 271 g/mol. The third-order valence-electron chi connectivity index (χ3n) is 3.89. The molecule has 0 amide bonds. The second-order valence-corrected chi connectivity index (χ2v) is 5.38. The van der Waals surface area contributed by atoms with Crippen LogP contribution in [0.4, 0.5) is 0 Å². The van der Waals surface area contributed by atoms with Crippen LogP contribution in [0.15, 0.2) is 36.5 Å². The molecule has 1 fully saturated rings. The zero-order valence-electron chi connectivity index (χ0n) is 12.0. The highest BCUT2D eigenvalue weighted by atomic mass is 16.5. The monoisotopic (exact) mass is 271 g/mol. The van der Waals surface area contributed by atoms with Crippen LogP contribution in [0.25, 0.3) is 5.69 Å². The Bertz CT molecular complexity index is 579. The number of nitrogens with zero attached hydrogens (tertiary/aromatic N) is 2. The molecule has 0 radical (unpaired) electrons. The van der Waals surface area contributed by atoms with Crippen LogP contribution in [0.5, 0.6) is 0 Å². The van der Waals surface area contributed by atoms with Gasteiger partial charge in [-0.15, -0.1) is 0 Å². The molecule has 2 aromatic rings. The number of para-hydroxylation sites is 1. The van der Waals surface area contributed by atoms with Crippen LogP contribution in [0.1, 0.15) is 24.6 Å². The first-order chi connectivity index (χ1) is 9.74. The lowest BCUT2D eigenvalue weighted by atomic mass is 10.1. The van der Waals surface area contributed by atoms with Gasteiger partial charge in [0.05, 0.1) is 17.5 Å². The Morgan fingerprint density at radius 3 is 2.90 bits per heavy atom. The molecular formula is C16H21N3O. The molecule has 0 aliphatic carbocycles. The second-order valence-electron chi connectivity index (χ2n) is 5.38. The van der Waals surface area contributed by atoms with Crippen molar-refractivity contribution in [2.24, 2.45) is 0 Å². The molecular weight excluding hydrogens is 250 g/mol. The highest BCUT2D eigenvalue weighted by molar-refractivity contribution is 5.40. The van der Waals surface area contributed by atoms with E-state index in [9.17, 15) is 0 Å². The zero-order valence-corrected chi connectivity index (χ0v) is 12.0. The summed E-state index contributed by atoms with van der Waals surface area (Å²) in [4.78, 5) is 0. The number of ether oxygens (including phenoxy) is 1. The minimum absolute atomic E-state index is 0.300. The summed E-state index contributed by atoms with van der Waals surface area (Å²) in [5.41, 5.74) is 3.43. The van der Waals surface area contributed by atoms with Crippen LogP contribution in [0.2, 0.25) is 0 Å². The van der Waals surface area contributed by atoms with Crippen molar-refractivity contribution in [2.75, 3.05) is 6.61 Å². The molecule has 1 saturated heterocycles. The number of hydrogen-bond acceptors (Lipinski definition) is 3. The number of nitrogens with one attached hydrogen (secondary N) is 1. The van der Waals surface area contributed by atoms with Gasteiger partial charge in [-0.05, 0) is 38.0 Å². The second kappa shape index (κ2) is 5.77. The van der Waals surface area contributed by atoms with E-state index in [1.807, 2.05) is 23.9 Å². The van der Waals surface area contributed by atoms with Gasteiger partial charge in [-0.3, -0.25) is 0 Å². The Morgan fingerprint density at radius 2 is 2.20 bits per heavy atom. The minimum atomic E-state index is 0.300. The van der Waals surface area contributed by atoms with Crippen LogP contribution in [-0.4, -0.2) is 28.5 Å². The molecule has 1 aliphatic rings. The van der Waals surface area contributed by atoms with Crippen molar-refractivity contribution >= 4 is 0 Å². The van der Waals surface area contributed by atoms with E-state index in [2.05, 4.69) is 41.6 Å². The summed E-state index contributed by atoms with van der Waals surface area (Å²) in [6.07, 6.45) is 3.40. The van der Waals surface area contributed by atoms with E-state index in [-0.39, 0.29) is 0 Å². The van der Waals surface area contributed by atoms with Gasteiger partial charge in [0.25, 0.3) is 0 Å².